The molecular weight excluding hydrogens is 503 g/mol. The van der Waals surface area contributed by atoms with Gasteiger partial charge in [-0.25, -0.2) is 4.98 Å². The van der Waals surface area contributed by atoms with Crippen LogP contribution in [0.4, 0.5) is 5.69 Å². The monoisotopic (exact) mass is 535 g/mol. The van der Waals surface area contributed by atoms with Crippen LogP contribution in [0.15, 0.2) is 60.1 Å². The fourth-order valence-electron chi connectivity index (χ4n) is 4.76. The summed E-state index contributed by atoms with van der Waals surface area (Å²) in [5.74, 6) is 0. The molecule has 0 radical (unpaired) electrons. The molecule has 2 aromatic heterocycles. The van der Waals surface area contributed by atoms with Gasteiger partial charge in [0.25, 0.3) is 0 Å². The zero-order valence-electron chi connectivity index (χ0n) is 20.9. The molecular formula is C28H33N5S3. The lowest BCUT2D eigenvalue weighted by molar-refractivity contribution is 0.177. The van der Waals surface area contributed by atoms with E-state index in [1.54, 1.807) is 11.3 Å². The van der Waals surface area contributed by atoms with E-state index in [1.807, 2.05) is 22.9 Å². The zero-order chi connectivity index (χ0) is 24.9. The van der Waals surface area contributed by atoms with Crippen molar-refractivity contribution in [3.63, 3.8) is 0 Å². The molecule has 8 heteroatoms. The number of rotatable bonds is 8. The van der Waals surface area contributed by atoms with Crippen molar-refractivity contribution in [2.75, 3.05) is 45.1 Å². The average Bonchev–Trinajstić information content (AvgIpc) is 3.50. The second-order valence-corrected chi connectivity index (χ2v) is 12.1. The first-order valence-electron chi connectivity index (χ1n) is 12.5. The van der Waals surface area contributed by atoms with E-state index in [0.29, 0.717) is 0 Å². The molecule has 3 heterocycles. The first kappa shape index (κ1) is 25.3. The van der Waals surface area contributed by atoms with Crippen LogP contribution in [0.25, 0.3) is 10.1 Å². The van der Waals surface area contributed by atoms with Crippen LogP contribution in [-0.4, -0.2) is 64.6 Å². The van der Waals surface area contributed by atoms with Crippen molar-refractivity contribution in [3.05, 3.63) is 81.1 Å². The molecule has 1 aliphatic heterocycles. The number of anilines is 1. The molecule has 1 saturated heterocycles. The smallest absolute Gasteiger partial charge is 0.173 e. The number of nitrogens with one attached hydrogen (secondary N) is 1. The summed E-state index contributed by atoms with van der Waals surface area (Å²) in [5.41, 5.74) is 3.90. The fraction of sp³-hybridized carbons (Fsp3) is 0.357. The van der Waals surface area contributed by atoms with E-state index in [-0.39, 0.29) is 0 Å². The molecule has 188 valence electrons. The lowest BCUT2D eigenvalue weighted by Gasteiger charge is -2.36. The maximum atomic E-state index is 5.81. The number of benzene rings is 2. The second-order valence-electron chi connectivity index (χ2n) is 9.44. The highest BCUT2D eigenvalue weighted by atomic mass is 32.1. The van der Waals surface area contributed by atoms with Crippen LogP contribution in [0.3, 0.4) is 0 Å². The predicted octanol–water partition coefficient (Wildman–Crippen LogP) is 5.86. The van der Waals surface area contributed by atoms with Gasteiger partial charge in [0.15, 0.2) is 5.11 Å². The third-order valence-electron chi connectivity index (χ3n) is 6.78. The molecule has 4 aromatic rings. The van der Waals surface area contributed by atoms with Crippen LogP contribution >= 0.6 is 34.9 Å². The Balaban J connectivity index is 1.18. The van der Waals surface area contributed by atoms with E-state index in [2.05, 4.69) is 87.5 Å². The van der Waals surface area contributed by atoms with Gasteiger partial charge in [0.2, 0.25) is 0 Å². The number of nitrogens with zero attached hydrogens (tertiary/aromatic N) is 4. The highest BCUT2D eigenvalue weighted by Crippen LogP contribution is 2.33. The number of piperazine rings is 1. The lowest BCUT2D eigenvalue weighted by atomic mass is 10.1. The molecule has 0 amide bonds. The van der Waals surface area contributed by atoms with Gasteiger partial charge in [-0.2, -0.15) is 0 Å². The Labute approximate surface area is 227 Å². The summed E-state index contributed by atoms with van der Waals surface area (Å²) in [6, 6.07) is 17.4. The van der Waals surface area contributed by atoms with E-state index >= 15 is 0 Å². The number of thiophene rings is 1. The number of hydrogen-bond acceptors (Lipinski definition) is 6. The van der Waals surface area contributed by atoms with E-state index in [4.69, 9.17) is 12.2 Å². The summed E-state index contributed by atoms with van der Waals surface area (Å²) in [7, 11) is 2.18. The normalized spacial score (nSPS) is 14.6. The van der Waals surface area contributed by atoms with E-state index < -0.39 is 0 Å². The first-order chi connectivity index (χ1) is 17.5. The van der Waals surface area contributed by atoms with Crippen molar-refractivity contribution in [1.29, 1.82) is 0 Å². The molecule has 5 rings (SSSR count). The highest BCUT2D eigenvalue weighted by molar-refractivity contribution is 7.80. The SMILES string of the molecule is Cc1sc2ccc(NC(=S)N3CCN(Cc4ccccc4)CC3)cc2c1CCN(C)Cc1nccs1. The van der Waals surface area contributed by atoms with E-state index in [9.17, 15) is 0 Å². The lowest BCUT2D eigenvalue weighted by Crippen LogP contribution is -2.49. The Bertz CT molecular complexity index is 1280. The van der Waals surface area contributed by atoms with Crippen molar-refractivity contribution in [2.45, 2.75) is 26.4 Å². The summed E-state index contributed by atoms with van der Waals surface area (Å²) in [6.07, 6.45) is 2.92. The Hall–Kier alpha value is -2.36. The van der Waals surface area contributed by atoms with Crippen molar-refractivity contribution in [2.24, 2.45) is 0 Å². The van der Waals surface area contributed by atoms with E-state index in [0.717, 1.165) is 63.0 Å². The van der Waals surface area contributed by atoms with E-state index in [1.165, 1.54) is 31.1 Å². The minimum Gasteiger partial charge on any atom is -0.346 e. The standard InChI is InChI=1S/C28H33N5S3/c1-21-24(10-12-31(2)20-27-29-11-17-35-27)25-18-23(8-9-26(25)36-21)30-28(34)33-15-13-32(14-16-33)19-22-6-4-3-5-7-22/h3-9,11,17-18H,10,12-16,19-20H2,1-2H3,(H,30,34). The number of likely N-dealkylation sites (N-methyl/N-ethyl adjacent to an activating group) is 1. The molecule has 1 N–H and O–H groups in total. The molecule has 0 atom stereocenters. The van der Waals surface area contributed by atoms with Crippen molar-refractivity contribution in [3.8, 4) is 0 Å². The molecule has 0 aliphatic carbocycles. The zero-order valence-corrected chi connectivity index (χ0v) is 23.4. The summed E-state index contributed by atoms with van der Waals surface area (Å²) in [6.45, 7) is 9.12. The summed E-state index contributed by atoms with van der Waals surface area (Å²) in [5, 5.41) is 8.91. The second kappa shape index (κ2) is 11.8. The third kappa shape index (κ3) is 6.30. The van der Waals surface area contributed by atoms with Gasteiger partial charge >= 0.3 is 0 Å². The maximum Gasteiger partial charge on any atom is 0.173 e. The first-order valence-corrected chi connectivity index (χ1v) is 14.6. The van der Waals surface area contributed by atoms with Gasteiger partial charge in [-0.3, -0.25) is 9.80 Å². The van der Waals surface area contributed by atoms with Gasteiger partial charge in [-0.1, -0.05) is 30.3 Å². The quantitative estimate of drug-likeness (QED) is 0.285. The number of hydrogen-bond donors (Lipinski definition) is 1. The van der Waals surface area contributed by atoms with Crippen molar-refractivity contribution in [1.82, 2.24) is 19.7 Å². The molecule has 1 fully saturated rings. The van der Waals surface area contributed by atoms with Gasteiger partial charge in [0.1, 0.15) is 5.01 Å². The maximum absolute atomic E-state index is 5.81. The molecule has 5 nitrogen and oxygen atoms in total. The Morgan fingerprint density at radius 2 is 1.92 bits per heavy atom. The Morgan fingerprint density at radius 3 is 2.67 bits per heavy atom. The fourth-order valence-corrected chi connectivity index (χ4v) is 6.85. The van der Waals surface area contributed by atoms with Crippen molar-refractivity contribution < 1.29 is 0 Å². The number of aryl methyl sites for hydroxylation is 1. The number of fused-ring (bicyclic) bond motifs is 1. The van der Waals surface area contributed by atoms with Crippen molar-refractivity contribution >= 4 is 55.8 Å². The largest absolute Gasteiger partial charge is 0.346 e. The molecule has 0 saturated carbocycles. The number of aromatic nitrogens is 1. The Morgan fingerprint density at radius 1 is 1.11 bits per heavy atom. The third-order valence-corrected chi connectivity index (χ3v) is 9.04. The summed E-state index contributed by atoms with van der Waals surface area (Å²) in [4.78, 5) is 13.0. The van der Waals surface area contributed by atoms with Gasteiger partial charge in [-0.05, 0) is 67.3 Å². The summed E-state index contributed by atoms with van der Waals surface area (Å²) < 4.78 is 1.34. The summed E-state index contributed by atoms with van der Waals surface area (Å²) >= 11 is 9.42. The van der Waals surface area contributed by atoms with Crippen LogP contribution in [0, 0.1) is 6.92 Å². The molecule has 0 unspecified atom stereocenters. The van der Waals surface area contributed by atoms with Gasteiger partial charge < -0.3 is 10.2 Å². The van der Waals surface area contributed by atoms with Gasteiger partial charge in [-0.15, -0.1) is 22.7 Å². The van der Waals surface area contributed by atoms with Gasteiger partial charge in [0, 0.05) is 66.1 Å². The molecule has 1 aliphatic rings. The van der Waals surface area contributed by atoms with Crippen LogP contribution in [-0.2, 0) is 19.5 Å². The highest BCUT2D eigenvalue weighted by Gasteiger charge is 2.19. The molecule has 36 heavy (non-hydrogen) atoms. The molecule has 2 aromatic carbocycles. The van der Waals surface area contributed by atoms with Crippen LogP contribution < -0.4 is 5.32 Å². The van der Waals surface area contributed by atoms with Crippen LogP contribution in [0.5, 0.6) is 0 Å². The molecule has 0 bridgehead atoms. The molecule has 0 spiro atoms. The Kier molecular flexibility index (Phi) is 8.29. The van der Waals surface area contributed by atoms with Crippen LogP contribution in [0.2, 0.25) is 0 Å². The van der Waals surface area contributed by atoms with Gasteiger partial charge in [0.05, 0.1) is 6.54 Å². The van der Waals surface area contributed by atoms with Crippen LogP contribution in [0.1, 0.15) is 21.0 Å². The topological polar surface area (TPSA) is 34.6 Å². The minimum atomic E-state index is 0.824. The number of thiocarbonyl (C=S) groups is 1. The minimum absolute atomic E-state index is 0.824. The predicted molar refractivity (Wildman–Crippen MR) is 158 cm³/mol. The number of thiazole rings is 1. The average molecular weight is 536 g/mol.